The number of esters is 1. The fourth-order valence-corrected chi connectivity index (χ4v) is 0.323. The maximum atomic E-state index is 10.5. The number of aliphatic hydroxyl groups is 1. The van der Waals surface area contributed by atoms with E-state index in [1.54, 1.807) is 0 Å². The predicted octanol–water partition coefficient (Wildman–Crippen LogP) is -1.27. The van der Waals surface area contributed by atoms with Gasteiger partial charge in [-0.1, -0.05) is 0 Å². The van der Waals surface area contributed by atoms with Gasteiger partial charge in [0, 0.05) is 0 Å². The molecule has 2 atom stereocenters. The first-order chi connectivity index (χ1) is 4.95. The number of carboxylic acids is 1. The van der Waals surface area contributed by atoms with E-state index in [1.807, 2.05) is 0 Å². The van der Waals surface area contributed by atoms with Crippen LogP contribution in [0.2, 0.25) is 0 Å². The Bertz CT molecular complexity index is 167. The standard InChI is InChI=1S/C6H10O5.Na.H/c1-3(7)6(10)11-4(2)5(8)9;;/h3-4,7H,1-2H3,(H,8,9);;. The van der Waals surface area contributed by atoms with Gasteiger partial charge in [0.2, 0.25) is 0 Å². The topological polar surface area (TPSA) is 83.8 Å². The van der Waals surface area contributed by atoms with Crippen LogP contribution in [-0.2, 0) is 14.3 Å². The molecule has 66 valence electrons. The fraction of sp³-hybridized carbons (Fsp3) is 0.667. The van der Waals surface area contributed by atoms with Crippen molar-refractivity contribution in [2.24, 2.45) is 0 Å². The number of aliphatic hydroxyl groups excluding tert-OH is 1. The van der Waals surface area contributed by atoms with E-state index in [4.69, 9.17) is 10.2 Å². The number of hydrogen-bond donors (Lipinski definition) is 2. The average molecular weight is 186 g/mol. The van der Waals surface area contributed by atoms with E-state index < -0.39 is 24.1 Å². The van der Waals surface area contributed by atoms with E-state index >= 15 is 0 Å². The summed E-state index contributed by atoms with van der Waals surface area (Å²) in [5.41, 5.74) is 0. The summed E-state index contributed by atoms with van der Waals surface area (Å²) in [4.78, 5) is 20.6. The van der Waals surface area contributed by atoms with Crippen LogP contribution < -0.4 is 0 Å². The zero-order valence-electron chi connectivity index (χ0n) is 6.27. The minimum atomic E-state index is -1.28. The summed E-state index contributed by atoms with van der Waals surface area (Å²) in [7, 11) is 0. The molecule has 0 aromatic rings. The van der Waals surface area contributed by atoms with E-state index in [0.29, 0.717) is 0 Å². The summed E-state index contributed by atoms with van der Waals surface area (Å²) < 4.78 is 4.28. The Balaban J connectivity index is 0. The molecule has 5 nitrogen and oxygen atoms in total. The zero-order valence-corrected chi connectivity index (χ0v) is 6.27. The van der Waals surface area contributed by atoms with Gasteiger partial charge in [-0.2, -0.15) is 0 Å². The monoisotopic (exact) mass is 186 g/mol. The number of aliphatic carboxylic acids is 1. The molecule has 0 heterocycles. The van der Waals surface area contributed by atoms with Gasteiger partial charge < -0.3 is 14.9 Å². The minimum absolute atomic E-state index is 0. The third kappa shape index (κ3) is 5.54. The number of ether oxygens (including phenoxy) is 1. The van der Waals surface area contributed by atoms with Crippen molar-refractivity contribution in [1.29, 1.82) is 0 Å². The molecule has 0 spiro atoms. The van der Waals surface area contributed by atoms with Crippen LogP contribution in [0.5, 0.6) is 0 Å². The average Bonchev–Trinajstić information content (AvgIpc) is 1.87. The first-order valence-corrected chi connectivity index (χ1v) is 3.06. The molecule has 0 amide bonds. The molecule has 0 aromatic heterocycles. The molecular weight excluding hydrogens is 175 g/mol. The van der Waals surface area contributed by atoms with Crippen LogP contribution in [0.15, 0.2) is 0 Å². The van der Waals surface area contributed by atoms with Crippen LogP contribution in [-0.4, -0.2) is 63.9 Å². The van der Waals surface area contributed by atoms with Gasteiger partial charge in [-0.25, -0.2) is 9.59 Å². The summed E-state index contributed by atoms with van der Waals surface area (Å²) in [5.74, 6) is -2.17. The summed E-state index contributed by atoms with van der Waals surface area (Å²) in [6.07, 6.45) is -2.49. The van der Waals surface area contributed by atoms with Gasteiger partial charge in [-0.05, 0) is 13.8 Å². The van der Waals surface area contributed by atoms with E-state index in [9.17, 15) is 9.59 Å². The Labute approximate surface area is 92.0 Å². The van der Waals surface area contributed by atoms with Gasteiger partial charge in [-0.3, -0.25) is 0 Å². The van der Waals surface area contributed by atoms with Crippen molar-refractivity contribution < 1.29 is 24.5 Å². The van der Waals surface area contributed by atoms with Crippen molar-refractivity contribution in [3.05, 3.63) is 0 Å². The molecule has 2 unspecified atom stereocenters. The number of carbonyl (C=O) groups excluding carboxylic acids is 1. The second-order valence-corrected chi connectivity index (χ2v) is 2.09. The van der Waals surface area contributed by atoms with Crippen molar-refractivity contribution in [1.82, 2.24) is 0 Å². The molecule has 0 bridgehead atoms. The molecule has 0 aliphatic carbocycles. The Morgan fingerprint density at radius 1 is 1.33 bits per heavy atom. The van der Waals surface area contributed by atoms with Crippen molar-refractivity contribution in [2.45, 2.75) is 26.1 Å². The van der Waals surface area contributed by atoms with Crippen LogP contribution in [0.1, 0.15) is 13.8 Å². The fourth-order valence-electron chi connectivity index (χ4n) is 0.323. The predicted molar refractivity (Wildman–Crippen MR) is 42.0 cm³/mol. The van der Waals surface area contributed by atoms with Gasteiger partial charge in [0.15, 0.2) is 6.10 Å². The van der Waals surface area contributed by atoms with Crippen LogP contribution in [0.3, 0.4) is 0 Å². The molecule has 0 aromatic carbocycles. The normalized spacial score (nSPS) is 13.9. The van der Waals surface area contributed by atoms with Crippen molar-refractivity contribution >= 4 is 41.5 Å². The molecular formula is C6H11NaO5. The molecule has 0 fully saturated rings. The van der Waals surface area contributed by atoms with E-state index in [0.717, 1.165) is 0 Å². The molecule has 0 radical (unpaired) electrons. The second-order valence-electron chi connectivity index (χ2n) is 2.09. The van der Waals surface area contributed by atoms with Crippen molar-refractivity contribution in [3.63, 3.8) is 0 Å². The van der Waals surface area contributed by atoms with Gasteiger partial charge in [0.1, 0.15) is 6.10 Å². The number of rotatable bonds is 3. The van der Waals surface area contributed by atoms with Gasteiger partial charge >= 0.3 is 41.5 Å². The van der Waals surface area contributed by atoms with Crippen molar-refractivity contribution in [2.75, 3.05) is 0 Å². The van der Waals surface area contributed by atoms with Gasteiger partial charge in [0.25, 0.3) is 0 Å². The first kappa shape index (κ1) is 14.4. The molecule has 6 heteroatoms. The number of carboxylic acid groups (broad SMARTS) is 1. The Morgan fingerprint density at radius 3 is 2.00 bits per heavy atom. The molecule has 0 aliphatic rings. The summed E-state index contributed by atoms with van der Waals surface area (Å²) >= 11 is 0. The third-order valence-electron chi connectivity index (χ3n) is 0.982. The Morgan fingerprint density at radius 2 is 1.75 bits per heavy atom. The number of carbonyl (C=O) groups is 2. The van der Waals surface area contributed by atoms with E-state index in [1.165, 1.54) is 13.8 Å². The van der Waals surface area contributed by atoms with Gasteiger partial charge in [0.05, 0.1) is 0 Å². The third-order valence-corrected chi connectivity index (χ3v) is 0.982. The van der Waals surface area contributed by atoms with Crippen molar-refractivity contribution in [3.8, 4) is 0 Å². The molecule has 0 saturated heterocycles. The first-order valence-electron chi connectivity index (χ1n) is 3.06. The van der Waals surface area contributed by atoms with Crippen LogP contribution in [0, 0.1) is 0 Å². The van der Waals surface area contributed by atoms with Gasteiger partial charge in [-0.15, -0.1) is 0 Å². The number of hydrogen-bond acceptors (Lipinski definition) is 4. The molecule has 0 saturated carbocycles. The van der Waals surface area contributed by atoms with Crippen LogP contribution in [0.4, 0.5) is 0 Å². The summed E-state index contributed by atoms with van der Waals surface area (Å²) in [5, 5.41) is 16.8. The van der Waals surface area contributed by atoms with Crippen LogP contribution >= 0.6 is 0 Å². The zero-order chi connectivity index (χ0) is 9.02. The SMILES string of the molecule is CC(O)C(=O)OC(C)C(=O)O.[NaH]. The second kappa shape index (κ2) is 6.42. The Hall–Kier alpha value is -0.100. The molecule has 0 aliphatic heterocycles. The van der Waals surface area contributed by atoms with E-state index in [2.05, 4.69) is 4.74 Å². The molecule has 0 rings (SSSR count). The summed E-state index contributed by atoms with van der Waals surface area (Å²) in [6.45, 7) is 2.42. The maximum absolute atomic E-state index is 10.5. The van der Waals surface area contributed by atoms with E-state index in [-0.39, 0.29) is 29.6 Å². The quantitative estimate of drug-likeness (QED) is 0.424. The Kier molecular flexibility index (Phi) is 7.72. The summed E-state index contributed by atoms with van der Waals surface area (Å²) in [6, 6.07) is 0. The van der Waals surface area contributed by atoms with Crippen LogP contribution in [0.25, 0.3) is 0 Å². The molecule has 12 heavy (non-hydrogen) atoms. The molecule has 2 N–H and O–H groups in total.